The van der Waals surface area contributed by atoms with Gasteiger partial charge in [-0.25, -0.2) is 4.79 Å². The van der Waals surface area contributed by atoms with Crippen LogP contribution in [0.25, 0.3) is 0 Å². The van der Waals surface area contributed by atoms with Gasteiger partial charge in [0.05, 0.1) is 27.7 Å². The average molecular weight is 520 g/mol. The summed E-state index contributed by atoms with van der Waals surface area (Å²) >= 11 is 0. The summed E-state index contributed by atoms with van der Waals surface area (Å²) in [4.78, 5) is 23.3. The largest absolute Gasteiger partial charge is 0.756 e. The minimum atomic E-state index is -4.51. The van der Waals surface area contributed by atoms with Gasteiger partial charge in [0.25, 0.3) is 7.82 Å². The van der Waals surface area contributed by atoms with Gasteiger partial charge in [-0.15, -0.1) is 0 Å². The van der Waals surface area contributed by atoms with Gasteiger partial charge in [0.15, 0.2) is 0 Å². The molecule has 35 heavy (non-hydrogen) atoms. The van der Waals surface area contributed by atoms with Gasteiger partial charge in [-0.3, -0.25) is 4.57 Å². The van der Waals surface area contributed by atoms with E-state index in [-0.39, 0.29) is 13.2 Å². The number of esters is 1. The molecule has 0 fully saturated rings. The Kier molecular flexibility index (Phi) is 20.5. The maximum atomic E-state index is 11.7. The number of allylic oxidation sites excluding steroid dienone is 3. The first-order chi connectivity index (χ1) is 16.6. The molecule has 0 aromatic rings. The topological polar surface area (TPSA) is 105 Å². The van der Waals surface area contributed by atoms with Crippen LogP contribution in [0, 0.1) is 0 Å². The number of likely N-dealkylation sites (N-methyl/N-ethyl adjacent to an activating group) is 1. The van der Waals surface area contributed by atoms with Crippen LogP contribution in [0.4, 0.5) is 0 Å². The van der Waals surface area contributed by atoms with Crippen molar-refractivity contribution in [2.45, 2.75) is 90.1 Å². The maximum absolute atomic E-state index is 11.7. The molecule has 0 aromatic heterocycles. The first-order valence-corrected chi connectivity index (χ1v) is 14.6. The summed E-state index contributed by atoms with van der Waals surface area (Å²) in [5.41, 5.74) is 0. The van der Waals surface area contributed by atoms with E-state index in [4.69, 9.17) is 9.26 Å². The van der Waals surface area contributed by atoms with Gasteiger partial charge in [0, 0.05) is 6.08 Å². The molecule has 0 spiro atoms. The Balaban J connectivity index is 3.72. The van der Waals surface area contributed by atoms with Gasteiger partial charge in [-0.1, -0.05) is 89.4 Å². The molecular formula is C26H50NO7P. The fourth-order valence-corrected chi connectivity index (χ4v) is 3.89. The lowest BCUT2D eigenvalue weighted by molar-refractivity contribution is -0.870. The minimum absolute atomic E-state index is 0.0209. The van der Waals surface area contributed by atoms with Crippen LogP contribution in [0.2, 0.25) is 0 Å². The quantitative estimate of drug-likeness (QED) is 0.0511. The number of unbranched alkanes of at least 4 members (excludes halogenated alkanes) is 11. The van der Waals surface area contributed by atoms with Crippen molar-refractivity contribution in [3.63, 3.8) is 0 Å². The normalized spacial score (nSPS) is 15.0. The van der Waals surface area contributed by atoms with E-state index in [0.717, 1.165) is 12.8 Å². The number of aliphatic hydroxyl groups is 1. The van der Waals surface area contributed by atoms with Crippen LogP contribution in [0.5, 0.6) is 0 Å². The Morgan fingerprint density at radius 3 is 2.06 bits per heavy atom. The highest BCUT2D eigenvalue weighted by Gasteiger charge is 2.16. The molecule has 0 aliphatic carbocycles. The summed E-state index contributed by atoms with van der Waals surface area (Å²) in [7, 11) is 1.20. The molecule has 0 saturated carbocycles. The summed E-state index contributed by atoms with van der Waals surface area (Å²) in [5.74, 6) is -0.618. The van der Waals surface area contributed by atoms with E-state index in [1.54, 1.807) is 12.2 Å². The second kappa shape index (κ2) is 21.1. The van der Waals surface area contributed by atoms with Gasteiger partial charge >= 0.3 is 5.97 Å². The molecule has 0 rings (SSSR count). The molecule has 206 valence electrons. The number of quaternary nitrogens is 1. The average Bonchev–Trinajstić information content (AvgIpc) is 2.78. The van der Waals surface area contributed by atoms with Crippen LogP contribution in [-0.2, 0) is 23.1 Å². The van der Waals surface area contributed by atoms with Gasteiger partial charge < -0.3 is 28.3 Å². The Labute approximate surface area is 213 Å². The molecule has 2 atom stereocenters. The van der Waals surface area contributed by atoms with Gasteiger partial charge in [-0.2, -0.15) is 0 Å². The number of phosphoric acid groups is 1. The maximum Gasteiger partial charge on any atom is 0.330 e. The predicted molar refractivity (Wildman–Crippen MR) is 139 cm³/mol. The molecule has 0 saturated heterocycles. The molecule has 0 heterocycles. The minimum Gasteiger partial charge on any atom is -0.756 e. The third kappa shape index (κ3) is 25.9. The fourth-order valence-electron chi connectivity index (χ4n) is 3.15. The summed E-state index contributed by atoms with van der Waals surface area (Å²) < 4.78 is 26.5. The van der Waals surface area contributed by atoms with Crippen LogP contribution in [0.15, 0.2) is 24.3 Å². The highest BCUT2D eigenvalue weighted by molar-refractivity contribution is 7.45. The SMILES string of the molecule is CCCCCCCCCCCCC/C=C/C=C/C(=O)OC[C@@H](O)COP(=O)([O-])OCC[N+](C)(C)C. The fraction of sp³-hybridized carbons (Fsp3) is 0.808. The smallest absolute Gasteiger partial charge is 0.330 e. The third-order valence-electron chi connectivity index (χ3n) is 5.31. The lowest BCUT2D eigenvalue weighted by Gasteiger charge is -2.27. The number of ether oxygens (including phenoxy) is 1. The monoisotopic (exact) mass is 519 g/mol. The van der Waals surface area contributed by atoms with Crippen molar-refractivity contribution in [3.8, 4) is 0 Å². The van der Waals surface area contributed by atoms with Crippen LogP contribution in [0.3, 0.4) is 0 Å². The lowest BCUT2D eigenvalue weighted by atomic mass is 10.1. The van der Waals surface area contributed by atoms with Crippen LogP contribution >= 0.6 is 7.82 Å². The van der Waals surface area contributed by atoms with Crippen molar-refractivity contribution >= 4 is 13.8 Å². The van der Waals surface area contributed by atoms with E-state index < -0.39 is 26.5 Å². The van der Waals surface area contributed by atoms with E-state index in [1.807, 2.05) is 27.2 Å². The molecule has 8 nitrogen and oxygen atoms in total. The number of hydrogen-bond acceptors (Lipinski definition) is 7. The predicted octanol–water partition coefficient (Wildman–Crippen LogP) is 4.91. The Morgan fingerprint density at radius 1 is 0.914 bits per heavy atom. The first kappa shape index (κ1) is 34.0. The van der Waals surface area contributed by atoms with Crippen molar-refractivity contribution in [1.82, 2.24) is 0 Å². The summed E-state index contributed by atoms with van der Waals surface area (Å²) in [6.45, 7) is 1.80. The van der Waals surface area contributed by atoms with Crippen LogP contribution in [-0.4, -0.2) is 69.2 Å². The molecule has 0 amide bonds. The number of hydrogen-bond donors (Lipinski definition) is 1. The summed E-state index contributed by atoms with van der Waals surface area (Å²) in [6.07, 6.45) is 20.8. The molecule has 0 aromatic carbocycles. The molecule has 9 heteroatoms. The highest BCUT2D eigenvalue weighted by Crippen LogP contribution is 2.38. The zero-order valence-corrected chi connectivity index (χ0v) is 23.4. The third-order valence-corrected chi connectivity index (χ3v) is 6.27. The number of carbonyl (C=O) groups is 1. The van der Waals surface area contributed by atoms with Crippen molar-refractivity contribution < 1.29 is 37.6 Å². The number of aliphatic hydroxyl groups excluding tert-OH is 1. The lowest BCUT2D eigenvalue weighted by Crippen LogP contribution is -2.37. The van der Waals surface area contributed by atoms with E-state index >= 15 is 0 Å². The summed E-state index contributed by atoms with van der Waals surface area (Å²) in [6, 6.07) is 0. The molecule has 1 unspecified atom stereocenters. The molecule has 0 aliphatic rings. The van der Waals surface area contributed by atoms with E-state index in [0.29, 0.717) is 11.0 Å². The number of nitrogens with zero attached hydrogens (tertiary/aromatic N) is 1. The van der Waals surface area contributed by atoms with Crippen LogP contribution < -0.4 is 4.89 Å². The van der Waals surface area contributed by atoms with Gasteiger partial charge in [0.1, 0.15) is 25.9 Å². The first-order valence-electron chi connectivity index (χ1n) is 13.1. The van der Waals surface area contributed by atoms with E-state index in [2.05, 4.69) is 11.4 Å². The molecule has 1 N–H and O–H groups in total. The second-order valence-electron chi connectivity index (χ2n) is 9.99. The zero-order chi connectivity index (χ0) is 26.4. The van der Waals surface area contributed by atoms with Gasteiger partial charge in [0.2, 0.25) is 0 Å². The molecular weight excluding hydrogens is 469 g/mol. The zero-order valence-electron chi connectivity index (χ0n) is 22.5. The number of rotatable bonds is 23. The summed E-state index contributed by atoms with van der Waals surface area (Å²) in [5, 5.41) is 9.76. The molecule has 0 radical (unpaired) electrons. The van der Waals surface area contributed by atoms with Crippen LogP contribution in [0.1, 0.15) is 84.0 Å². The Bertz CT molecular complexity index is 632. The van der Waals surface area contributed by atoms with E-state index in [9.17, 15) is 19.4 Å². The molecule has 0 bridgehead atoms. The second-order valence-corrected chi connectivity index (χ2v) is 11.4. The Hall–Kier alpha value is -1.02. The van der Waals surface area contributed by atoms with Crippen molar-refractivity contribution in [3.05, 3.63) is 24.3 Å². The standard InChI is InChI=1S/C26H50NO7P/c1-5-6-7-8-9-10-11-12-13-14-15-16-17-18-19-20-26(29)32-23-25(28)24-34-35(30,31)33-22-21-27(2,3)4/h17-20,25,28H,5-16,21-24H2,1-4H3/b18-17+,20-19+/t25-/m1/s1. The Morgan fingerprint density at radius 2 is 1.49 bits per heavy atom. The highest BCUT2D eigenvalue weighted by atomic mass is 31.2. The van der Waals surface area contributed by atoms with Crippen molar-refractivity contribution in [2.24, 2.45) is 0 Å². The van der Waals surface area contributed by atoms with Crippen molar-refractivity contribution in [1.29, 1.82) is 0 Å². The van der Waals surface area contributed by atoms with E-state index in [1.165, 1.54) is 70.3 Å². The number of phosphoric ester groups is 1. The van der Waals surface area contributed by atoms with Crippen molar-refractivity contribution in [2.75, 3.05) is 47.5 Å². The van der Waals surface area contributed by atoms with Gasteiger partial charge in [-0.05, 0) is 12.8 Å². The number of carbonyl (C=O) groups excluding carboxylic acids is 1. The molecule has 0 aliphatic heterocycles.